The van der Waals surface area contributed by atoms with E-state index in [1.54, 1.807) is 6.20 Å². The number of hydrogen-bond acceptors (Lipinski definition) is 2. The summed E-state index contributed by atoms with van der Waals surface area (Å²) >= 11 is 0. The molecule has 1 N–H and O–H groups in total. The summed E-state index contributed by atoms with van der Waals surface area (Å²) in [6, 6.07) is 3.78. The highest BCUT2D eigenvalue weighted by Gasteiger charge is 2.17. The molecule has 0 aliphatic heterocycles. The van der Waals surface area contributed by atoms with Crippen molar-refractivity contribution < 1.29 is 6.48 Å². The molecule has 0 aromatic carbocycles. The predicted octanol–water partition coefficient (Wildman–Crippen LogP) is 1.45. The van der Waals surface area contributed by atoms with Crippen LogP contribution in [0.4, 0.5) is 0 Å². The molecule has 0 spiro atoms. The van der Waals surface area contributed by atoms with E-state index in [4.69, 9.17) is 1.37 Å². The van der Waals surface area contributed by atoms with Gasteiger partial charge in [0.2, 0.25) is 0 Å². The summed E-state index contributed by atoms with van der Waals surface area (Å²) in [5, 5.41) is 9.63. The zero-order valence-electron chi connectivity index (χ0n) is 7.25. The average molecular weight is 150 g/mol. The van der Waals surface area contributed by atoms with E-state index in [1.807, 2.05) is 12.1 Å². The van der Waals surface area contributed by atoms with Crippen LogP contribution in [-0.2, 0) is 6.42 Å². The summed E-state index contributed by atoms with van der Waals surface area (Å²) in [7, 11) is 0. The zero-order valence-corrected chi connectivity index (χ0v) is 6.25. The van der Waals surface area contributed by atoms with Crippen molar-refractivity contribution in [3.63, 3.8) is 0 Å². The van der Waals surface area contributed by atoms with E-state index in [-0.39, 0.29) is 0 Å². The molecule has 1 atom stereocenters. The molecule has 2 rings (SSSR count). The fourth-order valence-corrected chi connectivity index (χ4v) is 1.46. The molecule has 0 fully saturated rings. The van der Waals surface area contributed by atoms with Crippen LogP contribution in [0, 0.1) is 0 Å². The number of aryl methyl sites for hydroxylation is 1. The number of pyridine rings is 1. The van der Waals surface area contributed by atoms with Gasteiger partial charge in [0, 0.05) is 6.20 Å². The van der Waals surface area contributed by atoms with Crippen molar-refractivity contribution in [3.05, 3.63) is 29.6 Å². The SMILES string of the molecule is [2H]C1(O)CCCc2cccnc21. The second-order valence-electron chi connectivity index (χ2n) is 2.81. The first kappa shape index (κ1) is 5.72. The van der Waals surface area contributed by atoms with E-state index in [1.165, 1.54) is 0 Å². The molecule has 1 heterocycles. The molecule has 0 saturated heterocycles. The zero-order chi connectivity index (χ0) is 8.60. The van der Waals surface area contributed by atoms with Gasteiger partial charge in [0.25, 0.3) is 0 Å². The molecule has 0 radical (unpaired) electrons. The summed E-state index contributed by atoms with van der Waals surface area (Å²) in [5.41, 5.74) is 1.55. The van der Waals surface area contributed by atoms with E-state index in [0.717, 1.165) is 18.4 Å². The van der Waals surface area contributed by atoms with Crippen LogP contribution in [0.3, 0.4) is 0 Å². The number of aromatic nitrogens is 1. The van der Waals surface area contributed by atoms with Crippen LogP contribution < -0.4 is 0 Å². The second kappa shape index (κ2) is 2.62. The summed E-state index contributed by atoms with van der Waals surface area (Å²) in [6.07, 6.45) is 2.48. The summed E-state index contributed by atoms with van der Waals surface area (Å²) in [6.45, 7) is 0. The van der Waals surface area contributed by atoms with Gasteiger partial charge in [-0.25, -0.2) is 0 Å². The van der Waals surface area contributed by atoms with Crippen LogP contribution in [0.5, 0.6) is 0 Å². The molecule has 0 amide bonds. The van der Waals surface area contributed by atoms with Crippen molar-refractivity contribution in [2.75, 3.05) is 0 Å². The normalized spacial score (nSPS) is 30.8. The Bertz CT molecular complexity index is 298. The van der Waals surface area contributed by atoms with Gasteiger partial charge < -0.3 is 5.11 Å². The van der Waals surface area contributed by atoms with Crippen molar-refractivity contribution in [1.82, 2.24) is 4.98 Å². The average Bonchev–Trinajstić information content (AvgIpc) is 2.04. The van der Waals surface area contributed by atoms with Crippen LogP contribution >= 0.6 is 0 Å². The topological polar surface area (TPSA) is 33.1 Å². The van der Waals surface area contributed by atoms with Gasteiger partial charge >= 0.3 is 0 Å². The number of nitrogens with zero attached hydrogens (tertiary/aromatic N) is 1. The lowest BCUT2D eigenvalue weighted by atomic mass is 9.94. The van der Waals surface area contributed by atoms with E-state index in [0.29, 0.717) is 12.1 Å². The van der Waals surface area contributed by atoms with Crippen molar-refractivity contribution in [1.29, 1.82) is 0 Å². The molecule has 0 saturated carbocycles. The smallest absolute Gasteiger partial charge is 0.0962 e. The second-order valence-corrected chi connectivity index (χ2v) is 2.81. The van der Waals surface area contributed by atoms with Crippen molar-refractivity contribution in [2.45, 2.75) is 25.3 Å². The maximum Gasteiger partial charge on any atom is 0.0962 e. The van der Waals surface area contributed by atoms with Gasteiger partial charge in [0.1, 0.15) is 0 Å². The van der Waals surface area contributed by atoms with Gasteiger partial charge in [0.05, 0.1) is 13.1 Å². The third-order valence-corrected chi connectivity index (χ3v) is 2.02. The lowest BCUT2D eigenvalue weighted by Gasteiger charge is -2.18. The Hall–Kier alpha value is -0.890. The van der Waals surface area contributed by atoms with E-state index >= 15 is 0 Å². The maximum absolute atomic E-state index is 9.63. The lowest BCUT2D eigenvalue weighted by molar-refractivity contribution is 0.151. The number of rotatable bonds is 0. The Kier molecular flexibility index (Phi) is 1.37. The first-order valence-electron chi connectivity index (χ1n) is 4.37. The minimum absolute atomic E-state index is 0.497. The molecule has 1 aromatic heterocycles. The number of fused-ring (bicyclic) bond motifs is 1. The van der Waals surface area contributed by atoms with Gasteiger partial charge in [0.15, 0.2) is 0 Å². The van der Waals surface area contributed by atoms with E-state index < -0.39 is 6.08 Å². The minimum atomic E-state index is -1.45. The molecular weight excluding hydrogens is 138 g/mol. The summed E-state index contributed by atoms with van der Waals surface area (Å²) in [5.74, 6) is 0. The Labute approximate surface area is 67.3 Å². The first-order chi connectivity index (χ1) is 5.70. The van der Waals surface area contributed by atoms with Crippen LogP contribution in [0.15, 0.2) is 18.3 Å². The number of aliphatic hydroxyl groups is 1. The largest absolute Gasteiger partial charge is 0.387 e. The minimum Gasteiger partial charge on any atom is -0.387 e. The van der Waals surface area contributed by atoms with Crippen molar-refractivity contribution >= 4 is 0 Å². The Morgan fingerprint density at radius 3 is 3.45 bits per heavy atom. The fraction of sp³-hybridized carbons (Fsp3) is 0.444. The van der Waals surface area contributed by atoms with Gasteiger partial charge in [-0.05, 0) is 30.9 Å². The third-order valence-electron chi connectivity index (χ3n) is 2.02. The van der Waals surface area contributed by atoms with Crippen molar-refractivity contribution in [2.24, 2.45) is 0 Å². The molecule has 1 aliphatic rings. The molecule has 2 nitrogen and oxygen atoms in total. The standard InChI is InChI=1S/C9H11NO/c11-8-5-1-3-7-4-2-6-10-9(7)8/h2,4,6,8,11H,1,3,5H2/i8D. The van der Waals surface area contributed by atoms with Crippen LogP contribution in [0.1, 0.15) is 31.5 Å². The molecule has 1 unspecified atom stereocenters. The highest BCUT2D eigenvalue weighted by Crippen LogP contribution is 2.26. The van der Waals surface area contributed by atoms with Gasteiger partial charge in [-0.15, -0.1) is 0 Å². The first-order valence-corrected chi connectivity index (χ1v) is 3.87. The lowest BCUT2D eigenvalue weighted by Crippen LogP contribution is -2.10. The highest BCUT2D eigenvalue weighted by molar-refractivity contribution is 5.23. The molecule has 58 valence electrons. The van der Waals surface area contributed by atoms with Crippen LogP contribution in [0.25, 0.3) is 0 Å². The Balaban J connectivity index is 2.52. The fourth-order valence-electron chi connectivity index (χ4n) is 1.46. The monoisotopic (exact) mass is 150 g/mol. The van der Waals surface area contributed by atoms with E-state index in [9.17, 15) is 5.11 Å². The molecule has 1 aromatic rings. The summed E-state index contributed by atoms with van der Waals surface area (Å²) < 4.78 is 7.60. The highest BCUT2D eigenvalue weighted by atomic mass is 16.3. The quantitative estimate of drug-likeness (QED) is 0.607. The molecule has 2 heteroatoms. The molecule has 11 heavy (non-hydrogen) atoms. The predicted molar refractivity (Wildman–Crippen MR) is 42.1 cm³/mol. The Morgan fingerprint density at radius 1 is 1.73 bits per heavy atom. The van der Waals surface area contributed by atoms with Gasteiger partial charge in [-0.2, -0.15) is 0 Å². The van der Waals surface area contributed by atoms with Crippen molar-refractivity contribution in [3.8, 4) is 0 Å². The molecule has 0 bridgehead atoms. The summed E-state index contributed by atoms with van der Waals surface area (Å²) in [4.78, 5) is 4.03. The molecule has 1 aliphatic carbocycles. The third kappa shape index (κ3) is 1.14. The molecular formula is C9H11NO. The van der Waals surface area contributed by atoms with Gasteiger partial charge in [-0.3, -0.25) is 4.98 Å². The Morgan fingerprint density at radius 2 is 2.64 bits per heavy atom. The number of hydrogen-bond donors (Lipinski definition) is 1. The van der Waals surface area contributed by atoms with E-state index in [2.05, 4.69) is 4.98 Å². The van der Waals surface area contributed by atoms with Crippen LogP contribution in [0.2, 0.25) is 0 Å². The van der Waals surface area contributed by atoms with Crippen LogP contribution in [-0.4, -0.2) is 10.1 Å². The van der Waals surface area contributed by atoms with Gasteiger partial charge in [-0.1, -0.05) is 6.07 Å². The maximum atomic E-state index is 9.63.